The Balaban J connectivity index is 0.000000292. The number of carbonyl (C=O) groups excluding carboxylic acids is 1. The SMILES string of the molecule is NC=O.O=c1[nH]cccc1O. The highest BCUT2D eigenvalue weighted by atomic mass is 16.3. The van der Waals surface area contributed by atoms with Gasteiger partial charge in [0.05, 0.1) is 0 Å². The van der Waals surface area contributed by atoms with Crippen LogP contribution < -0.4 is 11.3 Å². The Morgan fingerprint density at radius 3 is 2.45 bits per heavy atom. The Labute approximate surface area is 62.5 Å². The number of primary amides is 1. The summed E-state index contributed by atoms with van der Waals surface area (Å²) in [6.07, 6.45) is 1.71. The van der Waals surface area contributed by atoms with Crippen LogP contribution in [0.3, 0.4) is 0 Å². The molecule has 5 nitrogen and oxygen atoms in total. The molecule has 0 atom stereocenters. The van der Waals surface area contributed by atoms with E-state index in [9.17, 15) is 4.79 Å². The highest BCUT2D eigenvalue weighted by molar-refractivity contribution is 5.42. The fourth-order valence-electron chi connectivity index (χ4n) is 0.413. The minimum atomic E-state index is -0.451. The first-order chi connectivity index (χ1) is 5.22. The van der Waals surface area contributed by atoms with Gasteiger partial charge >= 0.3 is 0 Å². The molecule has 0 unspecified atom stereocenters. The maximum Gasteiger partial charge on any atom is 0.290 e. The van der Waals surface area contributed by atoms with E-state index in [1.165, 1.54) is 12.3 Å². The molecule has 0 aromatic carbocycles. The molecule has 1 amide bonds. The maximum atomic E-state index is 10.3. The van der Waals surface area contributed by atoms with Gasteiger partial charge in [-0.1, -0.05) is 0 Å². The largest absolute Gasteiger partial charge is 0.503 e. The minimum absolute atomic E-state index is 0.243. The molecule has 1 aromatic rings. The maximum absolute atomic E-state index is 10.3. The number of hydrogen-bond donors (Lipinski definition) is 3. The van der Waals surface area contributed by atoms with Gasteiger partial charge in [0.15, 0.2) is 5.75 Å². The lowest BCUT2D eigenvalue weighted by Gasteiger charge is -1.83. The van der Waals surface area contributed by atoms with E-state index in [0.29, 0.717) is 0 Å². The van der Waals surface area contributed by atoms with E-state index in [-0.39, 0.29) is 12.2 Å². The van der Waals surface area contributed by atoms with Crippen LogP contribution in [0.2, 0.25) is 0 Å². The summed E-state index contributed by atoms with van der Waals surface area (Å²) < 4.78 is 0. The van der Waals surface area contributed by atoms with E-state index in [0.717, 1.165) is 0 Å². The average molecular weight is 156 g/mol. The van der Waals surface area contributed by atoms with Crippen molar-refractivity contribution < 1.29 is 9.90 Å². The first-order valence-electron chi connectivity index (χ1n) is 2.74. The van der Waals surface area contributed by atoms with Gasteiger partial charge in [0.25, 0.3) is 5.56 Å². The molecule has 0 saturated carbocycles. The second-order valence-corrected chi connectivity index (χ2v) is 1.52. The van der Waals surface area contributed by atoms with Crippen molar-refractivity contribution in [1.82, 2.24) is 4.98 Å². The van der Waals surface area contributed by atoms with Crippen LogP contribution in [0.25, 0.3) is 0 Å². The van der Waals surface area contributed by atoms with Crippen LogP contribution in [0.5, 0.6) is 5.75 Å². The van der Waals surface area contributed by atoms with Crippen LogP contribution in [0.1, 0.15) is 0 Å². The Morgan fingerprint density at radius 1 is 1.64 bits per heavy atom. The molecule has 0 aliphatic rings. The molecule has 0 aliphatic heterocycles. The van der Waals surface area contributed by atoms with E-state index < -0.39 is 5.56 Å². The second-order valence-electron chi connectivity index (χ2n) is 1.52. The summed E-state index contributed by atoms with van der Waals surface area (Å²) in [6, 6.07) is 2.88. The topological polar surface area (TPSA) is 96.2 Å². The predicted octanol–water partition coefficient (Wildman–Crippen LogP) is -0.818. The lowest BCUT2D eigenvalue weighted by atomic mass is 10.5. The van der Waals surface area contributed by atoms with Gasteiger partial charge in [0.1, 0.15) is 0 Å². The molecule has 1 heterocycles. The number of amides is 1. The zero-order chi connectivity index (χ0) is 8.69. The van der Waals surface area contributed by atoms with Crippen LogP contribution in [-0.2, 0) is 4.79 Å². The van der Waals surface area contributed by atoms with Crippen molar-refractivity contribution in [3.63, 3.8) is 0 Å². The number of nitrogens with one attached hydrogen (secondary N) is 1. The van der Waals surface area contributed by atoms with Gasteiger partial charge in [0, 0.05) is 6.20 Å². The Hall–Kier alpha value is -1.78. The van der Waals surface area contributed by atoms with E-state index in [2.05, 4.69) is 10.7 Å². The summed E-state index contributed by atoms with van der Waals surface area (Å²) in [4.78, 5) is 21.2. The molecule has 0 radical (unpaired) electrons. The number of aromatic nitrogens is 1. The number of carbonyl (C=O) groups is 1. The third kappa shape index (κ3) is 3.74. The summed E-state index contributed by atoms with van der Waals surface area (Å²) >= 11 is 0. The zero-order valence-electron chi connectivity index (χ0n) is 5.65. The molecule has 0 aliphatic carbocycles. The smallest absolute Gasteiger partial charge is 0.290 e. The summed E-state index contributed by atoms with van der Waals surface area (Å²) in [6.45, 7) is 0. The number of hydrogen-bond acceptors (Lipinski definition) is 3. The highest BCUT2D eigenvalue weighted by Gasteiger charge is 1.87. The van der Waals surface area contributed by atoms with Gasteiger partial charge < -0.3 is 15.8 Å². The molecule has 11 heavy (non-hydrogen) atoms. The van der Waals surface area contributed by atoms with Crippen molar-refractivity contribution in [2.75, 3.05) is 0 Å². The van der Waals surface area contributed by atoms with Crippen molar-refractivity contribution >= 4 is 6.41 Å². The number of pyridine rings is 1. The number of H-pyrrole nitrogens is 1. The molecule has 0 spiro atoms. The lowest BCUT2D eigenvalue weighted by Crippen LogP contribution is -2.01. The standard InChI is InChI=1S/C5H5NO2.CH3NO/c7-4-2-1-3-6-5(4)8;2-1-3/h1-3,7H,(H,6,8);1H,(H2,2,3). The predicted molar refractivity (Wildman–Crippen MR) is 39.0 cm³/mol. The first kappa shape index (κ1) is 9.22. The third-order valence-corrected chi connectivity index (χ3v) is 0.797. The fourth-order valence-corrected chi connectivity index (χ4v) is 0.413. The normalized spacial score (nSPS) is 7.64. The van der Waals surface area contributed by atoms with Crippen LogP contribution in [0.4, 0.5) is 0 Å². The van der Waals surface area contributed by atoms with Gasteiger partial charge in [-0.15, -0.1) is 0 Å². The highest BCUT2D eigenvalue weighted by Crippen LogP contribution is 1.92. The van der Waals surface area contributed by atoms with Gasteiger partial charge in [-0.2, -0.15) is 0 Å². The van der Waals surface area contributed by atoms with Crippen LogP contribution in [0.15, 0.2) is 23.1 Å². The fraction of sp³-hybridized carbons (Fsp3) is 0. The van der Waals surface area contributed by atoms with Gasteiger partial charge in [-0.3, -0.25) is 9.59 Å². The van der Waals surface area contributed by atoms with Crippen LogP contribution >= 0.6 is 0 Å². The van der Waals surface area contributed by atoms with Gasteiger partial charge in [-0.25, -0.2) is 0 Å². The van der Waals surface area contributed by atoms with Crippen molar-refractivity contribution in [2.24, 2.45) is 5.73 Å². The van der Waals surface area contributed by atoms with E-state index >= 15 is 0 Å². The average Bonchev–Trinajstić information content (AvgIpc) is 1.97. The number of aromatic hydroxyl groups is 1. The molecule has 1 aromatic heterocycles. The van der Waals surface area contributed by atoms with Gasteiger partial charge in [-0.05, 0) is 12.1 Å². The Morgan fingerprint density at radius 2 is 2.18 bits per heavy atom. The molecule has 0 fully saturated rings. The Kier molecular flexibility index (Phi) is 4.22. The third-order valence-electron chi connectivity index (χ3n) is 0.797. The molecular formula is C6H8N2O3. The van der Waals surface area contributed by atoms with Crippen LogP contribution in [-0.4, -0.2) is 16.5 Å². The van der Waals surface area contributed by atoms with E-state index in [4.69, 9.17) is 9.90 Å². The zero-order valence-corrected chi connectivity index (χ0v) is 5.65. The van der Waals surface area contributed by atoms with Crippen molar-refractivity contribution in [3.8, 4) is 5.75 Å². The molecule has 1 rings (SSSR count). The quantitative estimate of drug-likeness (QED) is 0.428. The lowest BCUT2D eigenvalue weighted by molar-refractivity contribution is -0.106. The summed E-state index contributed by atoms with van der Waals surface area (Å²) in [5, 5.41) is 8.58. The minimum Gasteiger partial charge on any atom is -0.503 e. The summed E-state index contributed by atoms with van der Waals surface area (Å²) in [7, 11) is 0. The van der Waals surface area contributed by atoms with Crippen molar-refractivity contribution in [3.05, 3.63) is 28.7 Å². The number of aromatic amines is 1. The monoisotopic (exact) mass is 156 g/mol. The molecule has 0 bridgehead atoms. The van der Waals surface area contributed by atoms with Crippen LogP contribution in [0, 0.1) is 0 Å². The van der Waals surface area contributed by atoms with Crippen molar-refractivity contribution in [1.29, 1.82) is 0 Å². The first-order valence-corrected chi connectivity index (χ1v) is 2.74. The second kappa shape index (κ2) is 5.04. The summed E-state index contributed by atoms with van der Waals surface area (Å²) in [5.74, 6) is -0.243. The van der Waals surface area contributed by atoms with E-state index in [1.807, 2.05) is 0 Å². The number of nitrogens with two attached hydrogens (primary N) is 1. The van der Waals surface area contributed by atoms with Crippen molar-refractivity contribution in [2.45, 2.75) is 0 Å². The summed E-state index contributed by atoms with van der Waals surface area (Å²) in [5.41, 5.74) is 3.72. The Bertz CT molecular complexity index is 269. The van der Waals surface area contributed by atoms with Gasteiger partial charge in [0.2, 0.25) is 6.41 Å². The molecule has 60 valence electrons. The van der Waals surface area contributed by atoms with E-state index in [1.54, 1.807) is 6.07 Å². The number of rotatable bonds is 0. The molecule has 0 saturated heterocycles. The molecular weight excluding hydrogens is 148 g/mol. The molecule has 5 heteroatoms. The molecule has 4 N–H and O–H groups in total.